The van der Waals surface area contributed by atoms with Crippen LogP contribution in [0, 0.1) is 5.92 Å². The lowest BCUT2D eigenvalue weighted by Gasteiger charge is -2.18. The summed E-state index contributed by atoms with van der Waals surface area (Å²) in [5.74, 6) is -0.418. The Bertz CT molecular complexity index is 448. The van der Waals surface area contributed by atoms with Crippen molar-refractivity contribution >= 4 is 5.97 Å². The molecule has 20 heavy (non-hydrogen) atoms. The Kier molecular flexibility index (Phi) is 5.64. The average Bonchev–Trinajstić information content (AvgIpc) is 2.39. The normalized spacial score (nSPS) is 12.2. The summed E-state index contributed by atoms with van der Waals surface area (Å²) < 4.78 is 10.1. The van der Waals surface area contributed by atoms with Crippen molar-refractivity contribution in [2.45, 2.75) is 26.4 Å². The Morgan fingerprint density at radius 2 is 1.75 bits per heavy atom. The zero-order valence-corrected chi connectivity index (χ0v) is 12.1. The fourth-order valence-electron chi connectivity index (χ4n) is 1.89. The number of benzene rings is 1. The van der Waals surface area contributed by atoms with Gasteiger partial charge in [0.25, 0.3) is 0 Å². The molecular formula is C14H21NO5. The Morgan fingerprint density at radius 3 is 2.10 bits per heavy atom. The first kappa shape index (κ1) is 16.1. The Hall–Kier alpha value is -1.95. The van der Waals surface area contributed by atoms with Gasteiger partial charge in [-0.15, -0.1) is 0 Å². The number of nitrogens with one attached hydrogen (secondary N) is 1. The maximum atomic E-state index is 11.1. The number of carbonyl (C=O) groups is 1. The summed E-state index contributed by atoms with van der Waals surface area (Å²) in [5.41, 5.74) is 0.767. The van der Waals surface area contributed by atoms with Crippen molar-refractivity contribution in [3.8, 4) is 17.2 Å². The van der Waals surface area contributed by atoms with Gasteiger partial charge < -0.3 is 25.0 Å². The first-order valence-corrected chi connectivity index (χ1v) is 6.30. The maximum Gasteiger partial charge on any atom is 0.320 e. The van der Waals surface area contributed by atoms with E-state index in [0.717, 1.165) is 5.56 Å². The zero-order valence-electron chi connectivity index (χ0n) is 12.1. The van der Waals surface area contributed by atoms with Gasteiger partial charge in [0, 0.05) is 6.54 Å². The molecule has 0 aromatic heterocycles. The Balaban J connectivity index is 2.90. The minimum Gasteiger partial charge on any atom is -0.502 e. The SMILES string of the molecule is COc1cc(CNC(C(=O)O)C(C)C)cc(OC)c1O. The van der Waals surface area contributed by atoms with Gasteiger partial charge in [-0.25, -0.2) is 0 Å². The lowest BCUT2D eigenvalue weighted by molar-refractivity contribution is -0.140. The largest absolute Gasteiger partial charge is 0.502 e. The van der Waals surface area contributed by atoms with Gasteiger partial charge in [-0.2, -0.15) is 0 Å². The zero-order chi connectivity index (χ0) is 15.3. The first-order chi connectivity index (χ1) is 9.40. The van der Waals surface area contributed by atoms with Crippen molar-refractivity contribution in [2.24, 2.45) is 5.92 Å². The minimum absolute atomic E-state index is 0.0339. The van der Waals surface area contributed by atoms with E-state index >= 15 is 0 Å². The predicted octanol–water partition coefficient (Wildman–Crippen LogP) is 1.61. The van der Waals surface area contributed by atoms with Crippen molar-refractivity contribution in [1.29, 1.82) is 0 Å². The smallest absolute Gasteiger partial charge is 0.320 e. The van der Waals surface area contributed by atoms with Crippen molar-refractivity contribution < 1.29 is 24.5 Å². The van der Waals surface area contributed by atoms with Crippen LogP contribution in [0.1, 0.15) is 19.4 Å². The molecule has 1 aromatic carbocycles. The molecule has 1 unspecified atom stereocenters. The second-order valence-corrected chi connectivity index (χ2v) is 4.79. The fraction of sp³-hybridized carbons (Fsp3) is 0.500. The van der Waals surface area contributed by atoms with Gasteiger partial charge in [0.15, 0.2) is 11.5 Å². The number of hydrogen-bond acceptors (Lipinski definition) is 5. The molecule has 3 N–H and O–H groups in total. The lowest BCUT2D eigenvalue weighted by Crippen LogP contribution is -2.40. The quantitative estimate of drug-likeness (QED) is 0.704. The third-order valence-electron chi connectivity index (χ3n) is 3.00. The molecule has 0 bridgehead atoms. The molecule has 0 aliphatic carbocycles. The van der Waals surface area contributed by atoms with Crippen LogP contribution in [0.2, 0.25) is 0 Å². The summed E-state index contributed by atoms with van der Waals surface area (Å²) in [4.78, 5) is 11.1. The topological polar surface area (TPSA) is 88.0 Å². The van der Waals surface area contributed by atoms with Gasteiger partial charge in [-0.1, -0.05) is 13.8 Å². The lowest BCUT2D eigenvalue weighted by atomic mass is 10.0. The van der Waals surface area contributed by atoms with Crippen LogP contribution in [0.3, 0.4) is 0 Å². The molecule has 1 aromatic rings. The van der Waals surface area contributed by atoms with E-state index in [1.54, 1.807) is 12.1 Å². The molecule has 0 radical (unpaired) electrons. The Labute approximate surface area is 118 Å². The molecule has 0 aliphatic heterocycles. The molecule has 112 valence electrons. The van der Waals surface area contributed by atoms with Crippen LogP contribution in [0.25, 0.3) is 0 Å². The van der Waals surface area contributed by atoms with Gasteiger partial charge in [0.05, 0.1) is 14.2 Å². The van der Waals surface area contributed by atoms with E-state index in [1.165, 1.54) is 14.2 Å². The molecule has 0 saturated heterocycles. The number of carboxylic acid groups (broad SMARTS) is 1. The number of phenols is 1. The molecule has 0 saturated carbocycles. The van der Waals surface area contributed by atoms with E-state index in [0.29, 0.717) is 6.54 Å². The number of aromatic hydroxyl groups is 1. The van der Waals surface area contributed by atoms with Crippen LogP contribution in [0.4, 0.5) is 0 Å². The second-order valence-electron chi connectivity index (χ2n) is 4.79. The van der Waals surface area contributed by atoms with Crippen molar-refractivity contribution in [3.05, 3.63) is 17.7 Å². The monoisotopic (exact) mass is 283 g/mol. The van der Waals surface area contributed by atoms with E-state index in [1.807, 2.05) is 13.8 Å². The molecule has 0 heterocycles. The van der Waals surface area contributed by atoms with Crippen LogP contribution in [-0.2, 0) is 11.3 Å². The molecule has 0 amide bonds. The van der Waals surface area contributed by atoms with Crippen LogP contribution in [0.5, 0.6) is 17.2 Å². The molecule has 0 fully saturated rings. The van der Waals surface area contributed by atoms with Crippen LogP contribution in [-0.4, -0.2) is 36.4 Å². The van der Waals surface area contributed by atoms with E-state index in [4.69, 9.17) is 14.6 Å². The van der Waals surface area contributed by atoms with Gasteiger partial charge in [-0.05, 0) is 23.6 Å². The summed E-state index contributed by atoms with van der Waals surface area (Å²) in [6.45, 7) is 4.01. The second kappa shape index (κ2) is 7.00. The highest BCUT2D eigenvalue weighted by Crippen LogP contribution is 2.37. The molecule has 6 heteroatoms. The molecule has 1 rings (SSSR count). The van der Waals surface area contributed by atoms with Gasteiger partial charge >= 0.3 is 5.97 Å². The predicted molar refractivity (Wildman–Crippen MR) is 74.3 cm³/mol. The highest BCUT2D eigenvalue weighted by molar-refractivity contribution is 5.73. The summed E-state index contributed by atoms with van der Waals surface area (Å²) >= 11 is 0. The molecule has 0 spiro atoms. The summed E-state index contributed by atoms with van der Waals surface area (Å²) in [7, 11) is 2.89. The van der Waals surface area contributed by atoms with Gasteiger partial charge in [0.1, 0.15) is 6.04 Å². The number of aliphatic carboxylic acids is 1. The summed E-state index contributed by atoms with van der Waals surface area (Å²) in [6, 6.07) is 2.65. The number of carboxylic acids is 1. The molecule has 1 atom stereocenters. The highest BCUT2D eigenvalue weighted by atomic mass is 16.5. The first-order valence-electron chi connectivity index (χ1n) is 6.30. The summed E-state index contributed by atoms with van der Waals surface area (Å²) in [6.07, 6.45) is 0. The standard InChI is InChI=1S/C14H21NO5/c1-8(2)12(14(17)18)15-7-9-5-10(19-3)13(16)11(6-9)20-4/h5-6,8,12,15-16H,7H2,1-4H3,(H,17,18). The van der Waals surface area contributed by atoms with Crippen molar-refractivity contribution in [1.82, 2.24) is 5.32 Å². The van der Waals surface area contributed by atoms with Gasteiger partial charge in [0.2, 0.25) is 5.75 Å². The number of hydrogen-bond donors (Lipinski definition) is 3. The van der Waals surface area contributed by atoms with E-state index in [-0.39, 0.29) is 23.2 Å². The van der Waals surface area contributed by atoms with Gasteiger partial charge in [-0.3, -0.25) is 4.79 Å². The Morgan fingerprint density at radius 1 is 1.25 bits per heavy atom. The highest BCUT2D eigenvalue weighted by Gasteiger charge is 2.21. The van der Waals surface area contributed by atoms with Crippen molar-refractivity contribution in [3.63, 3.8) is 0 Å². The van der Waals surface area contributed by atoms with Crippen LogP contribution < -0.4 is 14.8 Å². The maximum absolute atomic E-state index is 11.1. The van der Waals surface area contributed by atoms with Crippen LogP contribution in [0.15, 0.2) is 12.1 Å². The molecule has 0 aliphatic rings. The van der Waals surface area contributed by atoms with Crippen molar-refractivity contribution in [2.75, 3.05) is 14.2 Å². The van der Waals surface area contributed by atoms with E-state index in [2.05, 4.69) is 5.32 Å². The number of rotatable bonds is 7. The number of phenolic OH excluding ortho intramolecular Hbond substituents is 1. The molecular weight excluding hydrogens is 262 g/mol. The third kappa shape index (κ3) is 3.77. The third-order valence-corrected chi connectivity index (χ3v) is 3.00. The van der Waals surface area contributed by atoms with E-state index in [9.17, 15) is 9.90 Å². The fourth-order valence-corrected chi connectivity index (χ4v) is 1.89. The number of ether oxygens (including phenoxy) is 2. The molecule has 6 nitrogen and oxygen atoms in total. The van der Waals surface area contributed by atoms with Crippen LogP contribution >= 0.6 is 0 Å². The minimum atomic E-state index is -0.891. The van der Waals surface area contributed by atoms with E-state index < -0.39 is 12.0 Å². The number of methoxy groups -OCH3 is 2. The summed E-state index contributed by atoms with van der Waals surface area (Å²) in [5, 5.41) is 21.9. The average molecular weight is 283 g/mol.